The van der Waals surface area contributed by atoms with Crippen LogP contribution in [0.1, 0.15) is 15.9 Å². The Morgan fingerprint density at radius 3 is 1.78 bits per heavy atom. The van der Waals surface area contributed by atoms with Crippen LogP contribution < -0.4 is 13.9 Å². The molecular weight excluding hydrogens is 403 g/mol. The monoisotopic (exact) mass is 424 g/mol. The summed E-state index contributed by atoms with van der Waals surface area (Å²) in [5, 5.41) is 0. The van der Waals surface area contributed by atoms with Gasteiger partial charge >= 0.3 is 166 Å². The molecule has 0 radical (unpaired) electrons. The Morgan fingerprint density at radius 2 is 1.26 bits per heavy atom. The van der Waals surface area contributed by atoms with Crippen molar-refractivity contribution in [2.75, 3.05) is 14.2 Å². The molecule has 0 bridgehead atoms. The number of benzene rings is 3. The Balaban J connectivity index is 1.93. The van der Waals surface area contributed by atoms with Gasteiger partial charge in [0, 0.05) is 0 Å². The number of allylic oxidation sites excluding steroid dienone is 1. The van der Waals surface area contributed by atoms with Crippen LogP contribution in [0.5, 0.6) is 11.5 Å². The fourth-order valence-corrected chi connectivity index (χ4v) is 4.53. The molecule has 0 fully saturated rings. The van der Waals surface area contributed by atoms with E-state index in [-0.39, 0.29) is 20.7 Å². The van der Waals surface area contributed by atoms with Crippen LogP contribution in [-0.4, -0.2) is 35.0 Å². The summed E-state index contributed by atoms with van der Waals surface area (Å²) in [5.41, 5.74) is 1.67. The SMILES string of the molecule is COc1ccc(C(=O)/C=C(\[Se]c2ccccc2)c2ccc(OC)cc2)cc1. The molecule has 136 valence electrons. The third-order valence-corrected chi connectivity index (χ3v) is 6.25. The van der Waals surface area contributed by atoms with Gasteiger partial charge in [-0.1, -0.05) is 0 Å². The van der Waals surface area contributed by atoms with E-state index in [1.165, 1.54) is 4.46 Å². The number of methoxy groups -OCH3 is 2. The zero-order valence-electron chi connectivity index (χ0n) is 15.2. The van der Waals surface area contributed by atoms with Crippen molar-refractivity contribution >= 4 is 29.7 Å². The number of hydrogen-bond donors (Lipinski definition) is 0. The second-order valence-electron chi connectivity index (χ2n) is 5.74. The first-order chi connectivity index (χ1) is 13.2. The molecule has 0 aliphatic carbocycles. The number of carbonyl (C=O) groups is 1. The van der Waals surface area contributed by atoms with E-state index in [2.05, 4.69) is 12.1 Å². The number of hydrogen-bond acceptors (Lipinski definition) is 3. The minimum atomic E-state index is -0.0127. The molecule has 3 rings (SSSR count). The zero-order chi connectivity index (χ0) is 19.1. The Kier molecular flexibility index (Phi) is 6.48. The standard InChI is InChI=1S/C23H20O3Se/c1-25-19-12-8-17(9-13-19)22(24)16-23(27-21-6-4-3-5-7-21)18-10-14-20(26-2)15-11-18/h3-16H,1-2H3/b23-16-. The molecule has 0 amide bonds. The van der Waals surface area contributed by atoms with Crippen LogP contribution >= 0.6 is 0 Å². The average Bonchev–Trinajstić information content (AvgIpc) is 2.74. The van der Waals surface area contributed by atoms with Crippen molar-refractivity contribution in [2.24, 2.45) is 0 Å². The molecule has 0 saturated heterocycles. The van der Waals surface area contributed by atoms with E-state index < -0.39 is 0 Å². The quantitative estimate of drug-likeness (QED) is 0.328. The average molecular weight is 423 g/mol. The molecule has 0 atom stereocenters. The predicted molar refractivity (Wildman–Crippen MR) is 110 cm³/mol. The van der Waals surface area contributed by atoms with Crippen LogP contribution in [-0.2, 0) is 0 Å². The summed E-state index contributed by atoms with van der Waals surface area (Å²) in [5.74, 6) is 1.52. The van der Waals surface area contributed by atoms with E-state index in [1.807, 2.05) is 42.5 Å². The summed E-state index contributed by atoms with van der Waals surface area (Å²) in [6, 6.07) is 25.2. The first kappa shape index (κ1) is 19.0. The van der Waals surface area contributed by atoms with Crippen LogP contribution in [0.3, 0.4) is 0 Å². The van der Waals surface area contributed by atoms with Gasteiger partial charge in [0.1, 0.15) is 0 Å². The number of ether oxygens (including phenoxy) is 2. The molecule has 3 aromatic carbocycles. The van der Waals surface area contributed by atoms with Gasteiger partial charge in [0.15, 0.2) is 0 Å². The van der Waals surface area contributed by atoms with Crippen LogP contribution in [0, 0.1) is 0 Å². The van der Waals surface area contributed by atoms with Gasteiger partial charge in [-0.25, -0.2) is 0 Å². The molecule has 0 saturated carbocycles. The second kappa shape index (κ2) is 9.22. The van der Waals surface area contributed by atoms with Crippen molar-refractivity contribution in [3.63, 3.8) is 0 Å². The van der Waals surface area contributed by atoms with Crippen LogP contribution in [0.25, 0.3) is 4.47 Å². The molecule has 0 aromatic heterocycles. The molecule has 0 heterocycles. The Morgan fingerprint density at radius 1 is 0.741 bits per heavy atom. The van der Waals surface area contributed by atoms with E-state index in [0.29, 0.717) is 5.56 Å². The van der Waals surface area contributed by atoms with Crippen LogP contribution in [0.15, 0.2) is 84.9 Å². The minimum absolute atomic E-state index is 0.0119. The molecule has 0 aliphatic heterocycles. The summed E-state index contributed by atoms with van der Waals surface area (Å²) >= 11 is 0.0119. The Labute approximate surface area is 165 Å². The van der Waals surface area contributed by atoms with Crippen molar-refractivity contribution in [1.29, 1.82) is 0 Å². The Bertz CT molecular complexity index is 914. The molecule has 0 aliphatic rings. The number of ketones is 1. The van der Waals surface area contributed by atoms with Gasteiger partial charge in [-0.2, -0.15) is 0 Å². The molecular formula is C23H20O3Se. The van der Waals surface area contributed by atoms with Crippen molar-refractivity contribution < 1.29 is 14.3 Å². The fourth-order valence-electron chi connectivity index (χ4n) is 2.50. The van der Waals surface area contributed by atoms with Gasteiger partial charge < -0.3 is 0 Å². The van der Waals surface area contributed by atoms with E-state index in [4.69, 9.17) is 9.47 Å². The van der Waals surface area contributed by atoms with Gasteiger partial charge in [0.25, 0.3) is 0 Å². The summed E-state index contributed by atoms with van der Waals surface area (Å²) in [4.78, 5) is 12.8. The summed E-state index contributed by atoms with van der Waals surface area (Å²) < 4.78 is 12.7. The first-order valence-electron chi connectivity index (χ1n) is 8.47. The summed E-state index contributed by atoms with van der Waals surface area (Å²) in [6.45, 7) is 0. The second-order valence-corrected chi connectivity index (χ2v) is 8.09. The maximum atomic E-state index is 12.8. The van der Waals surface area contributed by atoms with Gasteiger partial charge in [-0.15, -0.1) is 0 Å². The van der Waals surface area contributed by atoms with Crippen LogP contribution in [0.4, 0.5) is 0 Å². The van der Waals surface area contributed by atoms with Crippen molar-refractivity contribution in [3.05, 3.63) is 96.1 Å². The maximum absolute atomic E-state index is 12.8. The van der Waals surface area contributed by atoms with Gasteiger partial charge in [-0.05, 0) is 0 Å². The third-order valence-electron chi connectivity index (χ3n) is 3.98. The molecule has 3 aromatic rings. The van der Waals surface area contributed by atoms with Crippen molar-refractivity contribution in [3.8, 4) is 11.5 Å². The molecule has 0 unspecified atom stereocenters. The molecule has 0 N–H and O–H groups in total. The molecule has 0 spiro atoms. The van der Waals surface area contributed by atoms with Crippen molar-refractivity contribution in [1.82, 2.24) is 0 Å². The van der Waals surface area contributed by atoms with Gasteiger partial charge in [0.2, 0.25) is 0 Å². The normalized spacial score (nSPS) is 11.1. The predicted octanol–water partition coefficient (Wildman–Crippen LogP) is 3.96. The van der Waals surface area contributed by atoms with E-state index in [0.717, 1.165) is 21.5 Å². The van der Waals surface area contributed by atoms with Crippen LogP contribution in [0.2, 0.25) is 0 Å². The van der Waals surface area contributed by atoms with Gasteiger partial charge in [0.05, 0.1) is 0 Å². The number of carbonyl (C=O) groups excluding carboxylic acids is 1. The first-order valence-corrected chi connectivity index (χ1v) is 10.2. The fraction of sp³-hybridized carbons (Fsp3) is 0.0870. The van der Waals surface area contributed by atoms with E-state index in [9.17, 15) is 4.79 Å². The molecule has 27 heavy (non-hydrogen) atoms. The third kappa shape index (κ3) is 5.10. The molecule has 4 heteroatoms. The van der Waals surface area contributed by atoms with Gasteiger partial charge in [-0.3, -0.25) is 0 Å². The number of rotatable bonds is 7. The summed E-state index contributed by atoms with van der Waals surface area (Å²) in [6.07, 6.45) is 1.75. The topological polar surface area (TPSA) is 35.5 Å². The van der Waals surface area contributed by atoms with E-state index in [1.54, 1.807) is 44.6 Å². The van der Waals surface area contributed by atoms with E-state index >= 15 is 0 Å². The molecule has 3 nitrogen and oxygen atoms in total. The Hall–Kier alpha value is -2.81. The summed E-state index contributed by atoms with van der Waals surface area (Å²) in [7, 11) is 3.26. The zero-order valence-corrected chi connectivity index (χ0v) is 16.9. The van der Waals surface area contributed by atoms with Crippen molar-refractivity contribution in [2.45, 2.75) is 0 Å².